The second-order valence-corrected chi connectivity index (χ2v) is 22.0. The van der Waals surface area contributed by atoms with E-state index in [-0.39, 0.29) is 0 Å². The van der Waals surface area contributed by atoms with E-state index < -0.39 is 10.8 Å². The van der Waals surface area contributed by atoms with Crippen molar-refractivity contribution in [1.82, 2.24) is 9.61 Å². The molecule has 16 rings (SSSR count). The van der Waals surface area contributed by atoms with Crippen LogP contribution in [-0.2, 0) is 10.8 Å². The van der Waals surface area contributed by atoms with Crippen LogP contribution in [-0.4, -0.2) is 9.61 Å². The Bertz CT molecular complexity index is 4560. The fourth-order valence-corrected chi connectivity index (χ4v) is 14.6. The molecule has 2 heterocycles. The predicted octanol–water partition coefficient (Wildman–Crippen LogP) is 19.8. The van der Waals surface area contributed by atoms with E-state index in [4.69, 9.17) is 5.10 Å². The van der Waals surface area contributed by atoms with Gasteiger partial charge in [0.2, 0.25) is 0 Å². The maximum Gasteiger partial charge on any atom is 0.101 e. The minimum Gasteiger partial charge on any atom is -0.308 e. The van der Waals surface area contributed by atoms with Gasteiger partial charge in [-0.1, -0.05) is 285 Å². The third-order valence-electron chi connectivity index (χ3n) is 17.8. The van der Waals surface area contributed by atoms with Crippen LogP contribution in [0.2, 0.25) is 0 Å². The van der Waals surface area contributed by atoms with E-state index in [0.717, 1.165) is 79.8 Å². The van der Waals surface area contributed by atoms with Crippen molar-refractivity contribution in [3.8, 4) is 44.8 Å². The Morgan fingerprint density at radius 2 is 0.829 bits per heavy atom. The van der Waals surface area contributed by atoms with E-state index in [2.05, 4.69) is 319 Å². The standard InChI is InChI=1S/C79H55N3/c1-8-28-54(29-9-1)73-74(55-30-10-2-11-31-55)80-82-75(56-32-12-3-13-33-56)77(68-45-23-22-44-67(68)76(73)82)81(61-48-50-65-63-42-24-26-46-69(63)78(71(65)52-61,57-34-14-4-15-35-57)58-36-16-5-17-37-58)62-49-51-66-64-43-25-27-47-70(64)79(72(66)53-62,59-38-18-6-19-39-59)60-40-20-7-21-41-60/h1-26,28-46,48-53H,27,47H2. The van der Waals surface area contributed by atoms with Crippen LogP contribution in [0.25, 0.3) is 66.6 Å². The van der Waals surface area contributed by atoms with Crippen LogP contribution in [0.3, 0.4) is 0 Å². The molecule has 0 spiro atoms. The first-order valence-corrected chi connectivity index (χ1v) is 28.7. The number of nitrogens with zero attached hydrogens (tertiary/aromatic N) is 3. The van der Waals surface area contributed by atoms with Gasteiger partial charge in [-0.25, -0.2) is 4.52 Å². The van der Waals surface area contributed by atoms with E-state index in [1.54, 1.807) is 0 Å². The van der Waals surface area contributed by atoms with Crippen molar-refractivity contribution >= 4 is 38.9 Å². The molecule has 3 aliphatic rings. The first kappa shape index (κ1) is 47.6. The van der Waals surface area contributed by atoms with Crippen LogP contribution >= 0.6 is 0 Å². The van der Waals surface area contributed by atoms with Crippen LogP contribution < -0.4 is 4.90 Å². The van der Waals surface area contributed by atoms with Crippen molar-refractivity contribution < 1.29 is 0 Å². The first-order valence-electron chi connectivity index (χ1n) is 28.7. The van der Waals surface area contributed by atoms with E-state index in [1.807, 2.05) is 0 Å². The molecular weight excluding hydrogens is 991 g/mol. The Labute approximate surface area is 478 Å². The smallest absolute Gasteiger partial charge is 0.101 e. The molecule has 0 N–H and O–H groups in total. The number of benzene rings is 11. The fraction of sp³-hybridized carbons (Fsp3) is 0.0506. The van der Waals surface area contributed by atoms with Crippen molar-refractivity contribution in [1.29, 1.82) is 0 Å². The van der Waals surface area contributed by atoms with Gasteiger partial charge in [0.1, 0.15) is 5.69 Å². The van der Waals surface area contributed by atoms with Crippen molar-refractivity contribution in [2.24, 2.45) is 0 Å². The molecule has 0 saturated heterocycles. The van der Waals surface area contributed by atoms with E-state index in [0.29, 0.717) is 0 Å². The number of pyridine rings is 1. The first-order chi connectivity index (χ1) is 40.7. The van der Waals surface area contributed by atoms with Gasteiger partial charge < -0.3 is 4.90 Å². The van der Waals surface area contributed by atoms with Crippen LogP contribution in [0.1, 0.15) is 57.3 Å². The minimum atomic E-state index is -0.634. The highest BCUT2D eigenvalue weighted by Crippen LogP contribution is 2.61. The SMILES string of the molecule is C1=CC2=C(CC1)C(c1ccccc1)(c1ccccc1)c1cc(N(c3ccc4c(c3)C(c3ccccc3)(c3ccccc3)c3ccccc3-4)c3c(-c4ccccc4)n4nc(-c5ccccc5)c(-c5ccccc5)c4c4ccccc34)ccc12. The number of hydrogen-bond acceptors (Lipinski definition) is 2. The largest absolute Gasteiger partial charge is 0.308 e. The average molecular weight is 1050 g/mol. The minimum absolute atomic E-state index is 0.555. The lowest BCUT2D eigenvalue weighted by atomic mass is 9.65. The molecular formula is C79H55N3. The Morgan fingerprint density at radius 1 is 0.378 bits per heavy atom. The molecule has 0 radical (unpaired) electrons. The summed E-state index contributed by atoms with van der Waals surface area (Å²) in [5.41, 5.74) is 24.6. The fourth-order valence-electron chi connectivity index (χ4n) is 14.6. The second-order valence-electron chi connectivity index (χ2n) is 22.0. The highest BCUT2D eigenvalue weighted by Gasteiger charge is 2.49. The number of rotatable bonds is 10. The van der Waals surface area contributed by atoms with Crippen LogP contribution in [0.4, 0.5) is 17.1 Å². The Hall–Kier alpha value is -10.4. The monoisotopic (exact) mass is 1050 g/mol. The van der Waals surface area contributed by atoms with E-state index >= 15 is 0 Å². The lowest BCUT2D eigenvalue weighted by Crippen LogP contribution is -2.30. The molecule has 2 aromatic heterocycles. The van der Waals surface area contributed by atoms with Crippen LogP contribution in [0.5, 0.6) is 0 Å². The molecule has 386 valence electrons. The van der Waals surface area contributed by atoms with Gasteiger partial charge in [-0.15, -0.1) is 0 Å². The number of hydrogen-bond donors (Lipinski definition) is 0. The topological polar surface area (TPSA) is 20.5 Å². The van der Waals surface area contributed by atoms with Crippen molar-refractivity contribution in [2.75, 3.05) is 4.90 Å². The summed E-state index contributed by atoms with van der Waals surface area (Å²) in [5.74, 6) is 0. The number of fused-ring (bicyclic) bond motifs is 8. The van der Waals surface area contributed by atoms with Gasteiger partial charge >= 0.3 is 0 Å². The summed E-state index contributed by atoms with van der Waals surface area (Å²) in [5, 5.41) is 8.11. The lowest BCUT2D eigenvalue weighted by molar-refractivity contribution is 0.696. The number of allylic oxidation sites excluding steroid dienone is 4. The third-order valence-corrected chi connectivity index (χ3v) is 17.8. The molecule has 13 aromatic rings. The van der Waals surface area contributed by atoms with Gasteiger partial charge in [-0.2, -0.15) is 5.10 Å². The maximum atomic E-state index is 5.89. The quantitative estimate of drug-likeness (QED) is 0.136. The molecule has 0 bridgehead atoms. The van der Waals surface area contributed by atoms with Crippen LogP contribution in [0.15, 0.2) is 315 Å². The zero-order valence-corrected chi connectivity index (χ0v) is 45.2. The third kappa shape index (κ3) is 6.99. The van der Waals surface area contributed by atoms with Gasteiger partial charge in [0.25, 0.3) is 0 Å². The number of aromatic nitrogens is 2. The van der Waals surface area contributed by atoms with Crippen LogP contribution in [0, 0.1) is 0 Å². The molecule has 0 unspecified atom stereocenters. The molecule has 3 aliphatic carbocycles. The molecule has 11 aromatic carbocycles. The summed E-state index contributed by atoms with van der Waals surface area (Å²) in [6.07, 6.45) is 6.71. The molecule has 0 saturated carbocycles. The number of anilines is 3. The van der Waals surface area contributed by atoms with Gasteiger partial charge in [-0.3, -0.25) is 0 Å². The summed E-state index contributed by atoms with van der Waals surface area (Å²) in [6, 6.07) is 110. The van der Waals surface area contributed by atoms with Crippen molar-refractivity contribution in [3.63, 3.8) is 0 Å². The van der Waals surface area contributed by atoms with E-state index in [9.17, 15) is 0 Å². The Kier molecular flexibility index (Phi) is 11.1. The van der Waals surface area contributed by atoms with Gasteiger partial charge in [0, 0.05) is 38.8 Å². The summed E-state index contributed by atoms with van der Waals surface area (Å²) in [7, 11) is 0. The molecule has 3 nitrogen and oxygen atoms in total. The van der Waals surface area contributed by atoms with Crippen molar-refractivity contribution in [3.05, 3.63) is 359 Å². The summed E-state index contributed by atoms with van der Waals surface area (Å²) < 4.78 is 2.28. The second kappa shape index (κ2) is 19.2. The molecule has 0 amide bonds. The Morgan fingerprint density at radius 3 is 1.41 bits per heavy atom. The maximum absolute atomic E-state index is 5.89. The highest BCUT2D eigenvalue weighted by molar-refractivity contribution is 6.16. The van der Waals surface area contributed by atoms with Gasteiger partial charge in [0.15, 0.2) is 0 Å². The predicted molar refractivity (Wildman–Crippen MR) is 339 cm³/mol. The zero-order chi connectivity index (χ0) is 54.2. The zero-order valence-electron chi connectivity index (χ0n) is 45.2. The molecule has 0 aliphatic heterocycles. The van der Waals surface area contributed by atoms with E-state index in [1.165, 1.54) is 66.8 Å². The molecule has 0 atom stereocenters. The lowest BCUT2D eigenvalue weighted by Gasteiger charge is -2.37. The highest BCUT2D eigenvalue weighted by atomic mass is 15.3. The molecule has 3 heteroatoms. The normalized spacial score (nSPS) is 14.3. The summed E-state index contributed by atoms with van der Waals surface area (Å²) in [4.78, 5) is 2.59. The molecule has 82 heavy (non-hydrogen) atoms. The average Bonchev–Trinajstić information content (AvgIpc) is 4.25. The van der Waals surface area contributed by atoms with Crippen molar-refractivity contribution in [2.45, 2.75) is 23.7 Å². The Balaban J connectivity index is 1.07. The van der Waals surface area contributed by atoms with Gasteiger partial charge in [-0.05, 0) is 109 Å². The molecule has 0 fully saturated rings. The van der Waals surface area contributed by atoms with Gasteiger partial charge in [0.05, 0.1) is 27.7 Å². The summed E-state index contributed by atoms with van der Waals surface area (Å²) >= 11 is 0. The summed E-state index contributed by atoms with van der Waals surface area (Å²) in [6.45, 7) is 0.